The van der Waals surface area contributed by atoms with Gasteiger partial charge >= 0.3 is 0 Å². The number of hydrogen-bond donors (Lipinski definition) is 4. The second-order valence-corrected chi connectivity index (χ2v) is 10.1. The van der Waals surface area contributed by atoms with Crippen LogP contribution in [-0.2, 0) is 11.3 Å². The van der Waals surface area contributed by atoms with Crippen molar-refractivity contribution in [3.05, 3.63) is 41.7 Å². The molecule has 1 aliphatic heterocycles. The number of fused-ring (bicyclic) bond motifs is 2. The number of rotatable bonds is 6. The number of carbonyl (C=O) groups excluding carboxylic acids is 1. The van der Waals surface area contributed by atoms with Crippen molar-refractivity contribution in [3.63, 3.8) is 0 Å². The number of nitrogens with zero attached hydrogens (tertiary/aromatic N) is 3. The average Bonchev–Trinajstić information content (AvgIpc) is 2.88. The summed E-state index contributed by atoms with van der Waals surface area (Å²) in [5.74, 6) is 2.07. The third-order valence-electron chi connectivity index (χ3n) is 6.68. The maximum atomic E-state index is 13.0. The molecule has 37 heavy (non-hydrogen) atoms. The lowest BCUT2D eigenvalue weighted by Gasteiger charge is -2.33. The van der Waals surface area contributed by atoms with E-state index in [0.717, 1.165) is 29.4 Å². The van der Waals surface area contributed by atoms with Crippen LogP contribution in [0.4, 0.5) is 11.5 Å². The number of aliphatic hydroxyl groups excluding tert-OH is 1. The number of methoxy groups -OCH3 is 1. The smallest absolute Gasteiger partial charge is 0.227 e. The zero-order chi connectivity index (χ0) is 24.4. The molecule has 12 heteroatoms. The molecule has 1 saturated carbocycles. The molecule has 0 spiro atoms. The molecular weight excluding hydrogens is 535 g/mol. The van der Waals surface area contributed by atoms with Gasteiger partial charge in [-0.05, 0) is 49.9 Å². The molecule has 0 radical (unpaired) electrons. The molecule has 3 atom stereocenters. The Hall–Kier alpha value is -2.37. The molecule has 0 unspecified atom stereocenters. The van der Waals surface area contributed by atoms with Crippen LogP contribution in [-0.4, -0.2) is 57.5 Å². The molecule has 5 rings (SSSR count). The number of hydrogen-bond acceptors (Lipinski definition) is 9. The van der Waals surface area contributed by atoms with E-state index >= 15 is 0 Å². The van der Waals surface area contributed by atoms with Gasteiger partial charge < -0.3 is 25.8 Å². The lowest BCUT2D eigenvalue weighted by molar-refractivity contribution is -0.122. The van der Waals surface area contributed by atoms with Gasteiger partial charge in [-0.2, -0.15) is 0 Å². The number of ether oxygens (including phenoxy) is 1. The molecule has 0 aromatic carbocycles. The number of thioether (sulfide) groups is 1. The Labute approximate surface area is 232 Å². The number of halogens is 2. The number of aliphatic hydroxyl groups is 1. The van der Waals surface area contributed by atoms with Gasteiger partial charge in [0.25, 0.3) is 0 Å². The molecule has 1 aliphatic carbocycles. The minimum atomic E-state index is -0.612. The first-order chi connectivity index (χ1) is 17.0. The van der Waals surface area contributed by atoms with Crippen LogP contribution in [0.5, 0.6) is 5.88 Å². The van der Waals surface area contributed by atoms with Crippen molar-refractivity contribution in [2.24, 2.45) is 5.92 Å². The fourth-order valence-electron chi connectivity index (χ4n) is 4.68. The standard InChI is InChI=1S/C25H30N6O3S.2ClH/c1-14-11-21-24(27-9-10-35-21)29-19(14)13-28-16-4-3-15(12-20(16)32)25(33)30-18-7-8-26-17-5-6-22(34-2)31-23(17)18;;/h5-8,11,15-16,20,28,32H,3-4,9-10,12-13H2,1-2H3,(H,27,29)(H,26,30,33);2*1H/t15-,16-,20-;;/m0../s1. The number of aromatic nitrogens is 3. The summed E-state index contributed by atoms with van der Waals surface area (Å²) >= 11 is 1.83. The molecule has 1 fully saturated rings. The number of nitrogens with one attached hydrogen (secondary N) is 3. The van der Waals surface area contributed by atoms with E-state index in [2.05, 4.69) is 38.9 Å². The number of anilines is 2. The van der Waals surface area contributed by atoms with Crippen molar-refractivity contribution >= 4 is 65.0 Å². The second-order valence-electron chi connectivity index (χ2n) is 9.01. The molecule has 3 aromatic rings. The molecule has 1 amide bonds. The maximum Gasteiger partial charge on any atom is 0.227 e. The highest BCUT2D eigenvalue weighted by molar-refractivity contribution is 7.99. The van der Waals surface area contributed by atoms with Crippen LogP contribution < -0.4 is 20.7 Å². The van der Waals surface area contributed by atoms with Gasteiger partial charge in [-0.15, -0.1) is 36.6 Å². The summed E-state index contributed by atoms with van der Waals surface area (Å²) in [7, 11) is 1.55. The van der Waals surface area contributed by atoms with E-state index in [1.54, 1.807) is 25.4 Å². The quantitative estimate of drug-likeness (QED) is 0.351. The first-order valence-corrected chi connectivity index (χ1v) is 12.9. The Balaban J connectivity index is 0.00000190. The SMILES string of the molecule is COc1ccc2nccc(NC(=O)[C@H]3CC[C@H](NCc4nc5c(cc4C)SCCN5)[C@@H](O)C3)c2n1.Cl.Cl. The summed E-state index contributed by atoms with van der Waals surface area (Å²) < 4.78 is 5.21. The Morgan fingerprint density at radius 1 is 1.24 bits per heavy atom. The monoisotopic (exact) mass is 566 g/mol. The van der Waals surface area contributed by atoms with Crippen LogP contribution in [0.2, 0.25) is 0 Å². The predicted molar refractivity (Wildman–Crippen MR) is 151 cm³/mol. The first-order valence-electron chi connectivity index (χ1n) is 11.9. The lowest BCUT2D eigenvalue weighted by Crippen LogP contribution is -2.46. The van der Waals surface area contributed by atoms with Gasteiger partial charge in [0.2, 0.25) is 11.8 Å². The van der Waals surface area contributed by atoms with E-state index in [9.17, 15) is 9.90 Å². The molecule has 4 N–H and O–H groups in total. The number of amides is 1. The fraction of sp³-hybridized carbons (Fsp3) is 0.440. The lowest BCUT2D eigenvalue weighted by atomic mass is 9.83. The number of aryl methyl sites for hydroxylation is 1. The van der Waals surface area contributed by atoms with Crippen LogP contribution >= 0.6 is 36.6 Å². The van der Waals surface area contributed by atoms with Crippen molar-refractivity contribution in [2.75, 3.05) is 30.0 Å². The average molecular weight is 568 g/mol. The van der Waals surface area contributed by atoms with Crippen LogP contribution in [0.1, 0.15) is 30.5 Å². The molecule has 0 bridgehead atoms. The van der Waals surface area contributed by atoms with Crippen molar-refractivity contribution in [1.29, 1.82) is 0 Å². The minimum Gasteiger partial charge on any atom is -0.481 e. The largest absolute Gasteiger partial charge is 0.481 e. The van der Waals surface area contributed by atoms with Crippen molar-refractivity contribution in [2.45, 2.75) is 49.8 Å². The highest BCUT2D eigenvalue weighted by Crippen LogP contribution is 2.32. The van der Waals surface area contributed by atoms with E-state index in [0.29, 0.717) is 48.4 Å². The van der Waals surface area contributed by atoms with Crippen LogP contribution in [0.3, 0.4) is 0 Å². The summed E-state index contributed by atoms with van der Waals surface area (Å²) in [5.41, 5.74) is 3.98. The van der Waals surface area contributed by atoms with Gasteiger partial charge in [-0.25, -0.2) is 9.97 Å². The summed E-state index contributed by atoms with van der Waals surface area (Å²) in [5, 5.41) is 20.6. The van der Waals surface area contributed by atoms with E-state index in [1.165, 1.54) is 4.90 Å². The van der Waals surface area contributed by atoms with Gasteiger partial charge in [0.1, 0.15) is 11.3 Å². The fourth-order valence-corrected chi connectivity index (χ4v) is 5.62. The van der Waals surface area contributed by atoms with E-state index in [-0.39, 0.29) is 42.7 Å². The Kier molecular flexibility index (Phi) is 10.2. The van der Waals surface area contributed by atoms with Crippen LogP contribution in [0.25, 0.3) is 11.0 Å². The molecule has 4 heterocycles. The van der Waals surface area contributed by atoms with Gasteiger partial charge in [-0.3, -0.25) is 9.78 Å². The van der Waals surface area contributed by atoms with Gasteiger partial charge in [0.05, 0.1) is 35.0 Å². The number of carbonyl (C=O) groups is 1. The molecule has 2 aliphatic rings. The van der Waals surface area contributed by atoms with Crippen LogP contribution in [0.15, 0.2) is 35.4 Å². The minimum absolute atomic E-state index is 0. The Morgan fingerprint density at radius 3 is 2.86 bits per heavy atom. The summed E-state index contributed by atoms with van der Waals surface area (Å²) in [6.45, 7) is 3.58. The summed E-state index contributed by atoms with van der Waals surface area (Å²) in [4.78, 5) is 27.8. The van der Waals surface area contributed by atoms with E-state index in [4.69, 9.17) is 9.72 Å². The Bertz CT molecular complexity index is 1250. The van der Waals surface area contributed by atoms with E-state index in [1.807, 2.05) is 17.8 Å². The zero-order valence-electron chi connectivity index (χ0n) is 20.7. The number of pyridine rings is 3. The van der Waals surface area contributed by atoms with Crippen LogP contribution in [0, 0.1) is 12.8 Å². The van der Waals surface area contributed by atoms with E-state index < -0.39 is 6.10 Å². The summed E-state index contributed by atoms with van der Waals surface area (Å²) in [6.07, 6.45) is 2.83. The third kappa shape index (κ3) is 6.56. The molecule has 0 saturated heterocycles. The Morgan fingerprint density at radius 2 is 2.08 bits per heavy atom. The van der Waals surface area contributed by atoms with Crippen molar-refractivity contribution in [1.82, 2.24) is 20.3 Å². The van der Waals surface area contributed by atoms with Gasteiger partial charge in [-0.1, -0.05) is 0 Å². The predicted octanol–water partition coefficient (Wildman–Crippen LogP) is 3.96. The molecule has 200 valence electrons. The second kappa shape index (κ2) is 12.9. The zero-order valence-corrected chi connectivity index (χ0v) is 23.1. The third-order valence-corrected chi connectivity index (χ3v) is 7.71. The van der Waals surface area contributed by atoms with Crippen molar-refractivity contribution < 1.29 is 14.6 Å². The normalized spacial score (nSPS) is 20.6. The van der Waals surface area contributed by atoms with Crippen molar-refractivity contribution in [3.8, 4) is 5.88 Å². The van der Waals surface area contributed by atoms with Gasteiger partial charge in [0, 0.05) is 43.1 Å². The molecule has 9 nitrogen and oxygen atoms in total. The highest BCUT2D eigenvalue weighted by atomic mass is 35.5. The first kappa shape index (κ1) is 29.2. The van der Waals surface area contributed by atoms with Gasteiger partial charge in [0.15, 0.2) is 0 Å². The topological polar surface area (TPSA) is 121 Å². The maximum absolute atomic E-state index is 13.0. The molecular formula is C25H32Cl2N6O3S. The highest BCUT2D eigenvalue weighted by Gasteiger charge is 2.33. The molecule has 3 aromatic heterocycles. The summed E-state index contributed by atoms with van der Waals surface area (Å²) in [6, 6.07) is 7.39.